The van der Waals surface area contributed by atoms with Crippen molar-refractivity contribution in [2.45, 2.75) is 39.0 Å². The zero-order chi connectivity index (χ0) is 15.2. The molecule has 6 nitrogen and oxygen atoms in total. The second kappa shape index (κ2) is 7.15. The van der Waals surface area contributed by atoms with E-state index in [1.807, 2.05) is 0 Å². The maximum absolute atomic E-state index is 12.1. The van der Waals surface area contributed by atoms with Gasteiger partial charge in [0.15, 0.2) is 0 Å². The zero-order valence-corrected chi connectivity index (χ0v) is 12.2. The van der Waals surface area contributed by atoms with E-state index >= 15 is 0 Å². The standard InChI is InChI=1S/C15H21N3O3/c1-10-13(6-7-17-18-10)14(19)16-9-12(15(20)21)8-11-4-2-3-5-11/h6-7,11-12H,2-5,8-9H2,1H3,(H,16,19)(H,20,21). The Morgan fingerprint density at radius 3 is 2.76 bits per heavy atom. The topological polar surface area (TPSA) is 92.2 Å². The molecule has 0 radical (unpaired) electrons. The van der Waals surface area contributed by atoms with Gasteiger partial charge in [-0.25, -0.2) is 0 Å². The summed E-state index contributed by atoms with van der Waals surface area (Å²) in [5.41, 5.74) is 0.979. The third kappa shape index (κ3) is 4.24. The first-order valence-corrected chi connectivity index (χ1v) is 7.37. The van der Waals surface area contributed by atoms with Crippen LogP contribution in [0.5, 0.6) is 0 Å². The van der Waals surface area contributed by atoms with Gasteiger partial charge in [-0.3, -0.25) is 9.59 Å². The van der Waals surface area contributed by atoms with E-state index in [2.05, 4.69) is 15.5 Å². The summed E-state index contributed by atoms with van der Waals surface area (Å²) in [7, 11) is 0. The smallest absolute Gasteiger partial charge is 0.308 e. The predicted octanol–water partition coefficient (Wildman–Crippen LogP) is 1.80. The van der Waals surface area contributed by atoms with Crippen molar-refractivity contribution in [2.24, 2.45) is 11.8 Å². The number of aromatic nitrogens is 2. The van der Waals surface area contributed by atoms with Gasteiger partial charge in [0.2, 0.25) is 0 Å². The van der Waals surface area contributed by atoms with E-state index in [4.69, 9.17) is 0 Å². The molecule has 1 amide bonds. The summed E-state index contributed by atoms with van der Waals surface area (Å²) in [6.07, 6.45) is 6.67. The second-order valence-electron chi connectivity index (χ2n) is 5.66. The second-order valence-corrected chi connectivity index (χ2v) is 5.66. The summed E-state index contributed by atoms with van der Waals surface area (Å²) in [4.78, 5) is 23.4. The number of carboxylic acids is 1. The van der Waals surface area contributed by atoms with Gasteiger partial charge in [-0.05, 0) is 25.3 Å². The van der Waals surface area contributed by atoms with Crippen LogP contribution < -0.4 is 5.32 Å². The maximum Gasteiger partial charge on any atom is 0.308 e. The summed E-state index contributed by atoms with van der Waals surface area (Å²) in [5, 5.41) is 19.5. The molecule has 1 heterocycles. The number of aliphatic carboxylic acids is 1. The van der Waals surface area contributed by atoms with Crippen molar-refractivity contribution >= 4 is 11.9 Å². The molecule has 2 N–H and O–H groups in total. The number of carbonyl (C=O) groups is 2. The Bertz CT molecular complexity index is 513. The molecule has 1 aliphatic rings. The van der Waals surface area contributed by atoms with E-state index in [0.29, 0.717) is 23.6 Å². The lowest BCUT2D eigenvalue weighted by molar-refractivity contribution is -0.142. The summed E-state index contributed by atoms with van der Waals surface area (Å²) in [5.74, 6) is -1.17. The lowest BCUT2D eigenvalue weighted by Gasteiger charge is -2.17. The highest BCUT2D eigenvalue weighted by Gasteiger charge is 2.25. The molecule has 0 spiro atoms. The molecule has 2 rings (SSSR count). The van der Waals surface area contributed by atoms with Crippen LogP contribution in [0.2, 0.25) is 0 Å². The minimum Gasteiger partial charge on any atom is -0.481 e. The van der Waals surface area contributed by atoms with Gasteiger partial charge in [0.1, 0.15) is 0 Å². The van der Waals surface area contributed by atoms with E-state index in [0.717, 1.165) is 12.8 Å². The molecule has 1 fully saturated rings. The first-order valence-electron chi connectivity index (χ1n) is 7.37. The minimum absolute atomic E-state index is 0.159. The fraction of sp³-hybridized carbons (Fsp3) is 0.600. The van der Waals surface area contributed by atoms with E-state index < -0.39 is 11.9 Å². The molecule has 0 aliphatic heterocycles. The molecule has 114 valence electrons. The maximum atomic E-state index is 12.1. The van der Waals surface area contributed by atoms with Crippen molar-refractivity contribution in [1.82, 2.24) is 15.5 Å². The third-order valence-corrected chi connectivity index (χ3v) is 4.10. The van der Waals surface area contributed by atoms with Gasteiger partial charge in [-0.15, -0.1) is 0 Å². The van der Waals surface area contributed by atoms with Gasteiger partial charge < -0.3 is 10.4 Å². The molecule has 0 saturated heterocycles. The molecule has 1 aromatic rings. The Hall–Kier alpha value is -1.98. The first-order chi connectivity index (χ1) is 10.1. The van der Waals surface area contributed by atoms with Crippen LogP contribution in [0.3, 0.4) is 0 Å². The molecule has 1 saturated carbocycles. The largest absolute Gasteiger partial charge is 0.481 e. The highest BCUT2D eigenvalue weighted by molar-refractivity contribution is 5.95. The van der Waals surface area contributed by atoms with Crippen molar-refractivity contribution < 1.29 is 14.7 Å². The SMILES string of the molecule is Cc1nnccc1C(=O)NCC(CC1CCCC1)C(=O)O. The quantitative estimate of drug-likeness (QED) is 0.833. The summed E-state index contributed by atoms with van der Waals surface area (Å²) in [6.45, 7) is 1.86. The van der Waals surface area contributed by atoms with E-state index in [1.54, 1.807) is 13.0 Å². The summed E-state index contributed by atoms with van der Waals surface area (Å²) < 4.78 is 0. The Morgan fingerprint density at radius 1 is 1.43 bits per heavy atom. The van der Waals surface area contributed by atoms with Crippen molar-refractivity contribution in [3.8, 4) is 0 Å². The van der Waals surface area contributed by atoms with Crippen molar-refractivity contribution in [1.29, 1.82) is 0 Å². The van der Waals surface area contributed by atoms with Gasteiger partial charge in [-0.1, -0.05) is 25.7 Å². The number of hydrogen-bond donors (Lipinski definition) is 2. The Balaban J connectivity index is 1.90. The van der Waals surface area contributed by atoms with E-state index in [-0.39, 0.29) is 12.5 Å². The van der Waals surface area contributed by atoms with Gasteiger partial charge in [0, 0.05) is 6.54 Å². The number of nitrogens with zero attached hydrogens (tertiary/aromatic N) is 2. The summed E-state index contributed by atoms with van der Waals surface area (Å²) in [6, 6.07) is 1.59. The van der Waals surface area contributed by atoms with Crippen molar-refractivity contribution in [2.75, 3.05) is 6.54 Å². The number of rotatable bonds is 6. The molecule has 0 bridgehead atoms. The Labute approximate surface area is 124 Å². The first kappa shape index (κ1) is 15.4. The van der Waals surface area contributed by atoms with Crippen LogP contribution in [0.4, 0.5) is 0 Å². The normalized spacial score (nSPS) is 16.6. The average Bonchev–Trinajstić information content (AvgIpc) is 2.96. The van der Waals surface area contributed by atoms with E-state index in [1.165, 1.54) is 19.0 Å². The number of carbonyl (C=O) groups excluding carboxylic acids is 1. The van der Waals surface area contributed by atoms with Gasteiger partial charge >= 0.3 is 5.97 Å². The summed E-state index contributed by atoms with van der Waals surface area (Å²) >= 11 is 0. The molecular formula is C15H21N3O3. The molecule has 6 heteroatoms. The Kier molecular flexibility index (Phi) is 5.25. The molecule has 1 atom stereocenters. The molecule has 0 aromatic carbocycles. The fourth-order valence-corrected chi connectivity index (χ4v) is 2.87. The van der Waals surface area contributed by atoms with Crippen molar-refractivity contribution in [3.63, 3.8) is 0 Å². The number of aryl methyl sites for hydroxylation is 1. The highest BCUT2D eigenvalue weighted by atomic mass is 16.4. The number of amides is 1. The van der Waals surface area contributed by atoms with Crippen molar-refractivity contribution in [3.05, 3.63) is 23.5 Å². The lowest BCUT2D eigenvalue weighted by Crippen LogP contribution is -2.34. The van der Waals surface area contributed by atoms with Gasteiger partial charge in [-0.2, -0.15) is 10.2 Å². The molecular weight excluding hydrogens is 270 g/mol. The zero-order valence-electron chi connectivity index (χ0n) is 12.2. The Morgan fingerprint density at radius 2 is 2.14 bits per heavy atom. The van der Waals surface area contributed by atoms with Crippen LogP contribution in [-0.4, -0.2) is 33.7 Å². The molecule has 21 heavy (non-hydrogen) atoms. The predicted molar refractivity (Wildman–Crippen MR) is 76.8 cm³/mol. The minimum atomic E-state index is -0.841. The lowest BCUT2D eigenvalue weighted by atomic mass is 9.93. The highest BCUT2D eigenvalue weighted by Crippen LogP contribution is 2.30. The number of hydrogen-bond acceptors (Lipinski definition) is 4. The molecule has 1 unspecified atom stereocenters. The number of nitrogens with one attached hydrogen (secondary N) is 1. The van der Waals surface area contributed by atoms with Gasteiger partial charge in [0.25, 0.3) is 5.91 Å². The number of carboxylic acid groups (broad SMARTS) is 1. The van der Waals surface area contributed by atoms with Crippen LogP contribution in [0, 0.1) is 18.8 Å². The van der Waals surface area contributed by atoms with Gasteiger partial charge in [0.05, 0.1) is 23.4 Å². The van der Waals surface area contributed by atoms with Crippen LogP contribution in [-0.2, 0) is 4.79 Å². The third-order valence-electron chi connectivity index (χ3n) is 4.10. The average molecular weight is 291 g/mol. The molecule has 1 aromatic heterocycles. The van der Waals surface area contributed by atoms with Crippen LogP contribution in [0.15, 0.2) is 12.3 Å². The van der Waals surface area contributed by atoms with Crippen LogP contribution >= 0.6 is 0 Å². The molecule has 1 aliphatic carbocycles. The van der Waals surface area contributed by atoms with E-state index in [9.17, 15) is 14.7 Å². The van der Waals surface area contributed by atoms with Crippen LogP contribution in [0.25, 0.3) is 0 Å². The fourth-order valence-electron chi connectivity index (χ4n) is 2.87. The monoisotopic (exact) mass is 291 g/mol. The van der Waals surface area contributed by atoms with Crippen LogP contribution in [0.1, 0.15) is 48.2 Å².